The maximum Gasteiger partial charge on any atom is 0.228 e. The monoisotopic (exact) mass is 288 g/mol. The number of carbonyl (C=O) groups is 1. The van der Waals surface area contributed by atoms with E-state index in [2.05, 4.69) is 0 Å². The van der Waals surface area contributed by atoms with Gasteiger partial charge in [0.1, 0.15) is 0 Å². The summed E-state index contributed by atoms with van der Waals surface area (Å²) >= 11 is 0. The molecule has 19 heavy (non-hydrogen) atoms. The topological polar surface area (TPSA) is 57.7 Å². The van der Waals surface area contributed by atoms with Gasteiger partial charge in [0.05, 0.1) is 12.2 Å². The van der Waals surface area contributed by atoms with Crippen LogP contribution in [-0.2, 0) is 14.8 Å². The minimum Gasteiger partial charge on any atom is -0.340 e. The van der Waals surface area contributed by atoms with Crippen LogP contribution >= 0.6 is 0 Å². The van der Waals surface area contributed by atoms with Gasteiger partial charge in [-0.25, -0.2) is 12.7 Å². The maximum absolute atomic E-state index is 12.4. The van der Waals surface area contributed by atoms with Crippen molar-refractivity contribution in [1.29, 1.82) is 0 Å². The molecular weight excluding hydrogens is 264 g/mol. The summed E-state index contributed by atoms with van der Waals surface area (Å²) < 4.78 is 24.0. The lowest BCUT2D eigenvalue weighted by molar-refractivity contribution is -0.141. The molecule has 0 aromatic rings. The first kappa shape index (κ1) is 14.8. The molecule has 1 aliphatic heterocycles. The van der Waals surface area contributed by atoms with Crippen LogP contribution in [0.1, 0.15) is 39.0 Å². The van der Waals surface area contributed by atoms with Crippen molar-refractivity contribution in [3.05, 3.63) is 0 Å². The van der Waals surface area contributed by atoms with Gasteiger partial charge >= 0.3 is 0 Å². The Kier molecular flexibility index (Phi) is 4.50. The second kappa shape index (κ2) is 5.79. The van der Waals surface area contributed by atoms with Gasteiger partial charge in [0, 0.05) is 25.7 Å². The number of carbonyl (C=O) groups excluding carboxylic acids is 1. The van der Waals surface area contributed by atoms with Crippen molar-refractivity contribution in [2.45, 2.75) is 45.1 Å². The minimum atomic E-state index is -3.13. The quantitative estimate of drug-likeness (QED) is 0.777. The number of hydrogen-bond acceptors (Lipinski definition) is 3. The molecule has 0 radical (unpaired) electrons. The highest BCUT2D eigenvalue weighted by Gasteiger charge is 2.40. The lowest BCUT2D eigenvalue weighted by Gasteiger charge is -2.41. The molecule has 2 fully saturated rings. The van der Waals surface area contributed by atoms with E-state index in [-0.39, 0.29) is 11.8 Å². The highest BCUT2D eigenvalue weighted by Crippen LogP contribution is 2.27. The molecule has 5 nitrogen and oxygen atoms in total. The van der Waals surface area contributed by atoms with Crippen LogP contribution in [-0.4, -0.2) is 55.5 Å². The number of hydrogen-bond donors (Lipinski definition) is 0. The summed E-state index contributed by atoms with van der Waals surface area (Å²) in [6.07, 6.45) is 7.08. The summed E-state index contributed by atoms with van der Waals surface area (Å²) in [5.74, 6) is 0.0194. The second-order valence-corrected chi connectivity index (χ2v) is 7.68. The van der Waals surface area contributed by atoms with E-state index in [9.17, 15) is 13.2 Å². The summed E-state index contributed by atoms with van der Waals surface area (Å²) in [7, 11) is -3.13. The molecule has 0 atom stereocenters. The van der Waals surface area contributed by atoms with E-state index in [4.69, 9.17) is 0 Å². The van der Waals surface area contributed by atoms with E-state index in [0.717, 1.165) is 19.4 Å². The van der Waals surface area contributed by atoms with Crippen LogP contribution in [0.5, 0.6) is 0 Å². The fourth-order valence-electron chi connectivity index (χ4n) is 3.09. The van der Waals surface area contributed by atoms with E-state index in [0.29, 0.717) is 19.1 Å². The van der Waals surface area contributed by atoms with Crippen LogP contribution in [0.15, 0.2) is 0 Å². The highest BCUT2D eigenvalue weighted by atomic mass is 32.2. The van der Waals surface area contributed by atoms with Gasteiger partial charge in [-0.15, -0.1) is 0 Å². The van der Waals surface area contributed by atoms with Gasteiger partial charge in [-0.1, -0.05) is 19.3 Å². The zero-order valence-electron chi connectivity index (χ0n) is 11.8. The molecule has 110 valence electrons. The molecule has 1 amide bonds. The van der Waals surface area contributed by atoms with Crippen molar-refractivity contribution in [3.8, 4) is 0 Å². The molecule has 0 aromatic carbocycles. The molecule has 0 spiro atoms. The molecule has 0 N–H and O–H groups in total. The third-order valence-electron chi connectivity index (χ3n) is 4.31. The Morgan fingerprint density at radius 3 is 2.26 bits per heavy atom. The maximum atomic E-state index is 12.4. The van der Waals surface area contributed by atoms with Crippen LogP contribution in [0.2, 0.25) is 0 Å². The van der Waals surface area contributed by atoms with Crippen molar-refractivity contribution >= 4 is 15.9 Å². The van der Waals surface area contributed by atoms with Crippen molar-refractivity contribution < 1.29 is 13.2 Å². The molecule has 2 aliphatic rings. The zero-order valence-corrected chi connectivity index (χ0v) is 12.7. The second-order valence-electron chi connectivity index (χ2n) is 5.69. The van der Waals surface area contributed by atoms with E-state index >= 15 is 0 Å². The van der Waals surface area contributed by atoms with Crippen LogP contribution in [0.4, 0.5) is 0 Å². The fraction of sp³-hybridized carbons (Fsp3) is 0.923. The van der Waals surface area contributed by atoms with E-state index in [1.54, 1.807) is 0 Å². The van der Waals surface area contributed by atoms with Gasteiger partial charge in [0.25, 0.3) is 0 Å². The smallest absolute Gasteiger partial charge is 0.228 e. The Hall–Kier alpha value is -0.620. The van der Waals surface area contributed by atoms with Crippen molar-refractivity contribution in [2.75, 3.05) is 25.9 Å². The Morgan fingerprint density at radius 2 is 1.79 bits per heavy atom. The summed E-state index contributed by atoms with van der Waals surface area (Å²) in [6, 6.07) is 0.374. The van der Waals surface area contributed by atoms with Crippen molar-refractivity contribution in [2.24, 2.45) is 5.92 Å². The van der Waals surface area contributed by atoms with Gasteiger partial charge in [-0.2, -0.15) is 0 Å². The molecule has 1 aliphatic carbocycles. The third kappa shape index (κ3) is 3.28. The Morgan fingerprint density at radius 1 is 1.21 bits per heavy atom. The lowest BCUT2D eigenvalue weighted by atomic mass is 9.92. The Balaban J connectivity index is 1.91. The lowest BCUT2D eigenvalue weighted by Crippen LogP contribution is -2.57. The average molecular weight is 288 g/mol. The van der Waals surface area contributed by atoms with Crippen molar-refractivity contribution in [1.82, 2.24) is 9.21 Å². The molecular formula is C13H24N2O3S. The molecule has 0 bridgehead atoms. The number of sulfonamides is 1. The van der Waals surface area contributed by atoms with Gasteiger partial charge < -0.3 is 4.90 Å². The molecule has 1 saturated heterocycles. The first-order valence-electron chi connectivity index (χ1n) is 7.19. The summed E-state index contributed by atoms with van der Waals surface area (Å²) in [6.45, 7) is 3.47. The summed E-state index contributed by atoms with van der Waals surface area (Å²) in [4.78, 5) is 14.4. The predicted octanol–water partition coefficient (Wildman–Crippen LogP) is 1.06. The summed E-state index contributed by atoms with van der Waals surface area (Å²) in [5.41, 5.74) is 0. The van der Waals surface area contributed by atoms with Crippen LogP contribution in [0.25, 0.3) is 0 Å². The number of amides is 1. The molecule has 0 aromatic heterocycles. The van der Waals surface area contributed by atoms with Gasteiger partial charge in [0.2, 0.25) is 15.9 Å². The van der Waals surface area contributed by atoms with Crippen LogP contribution in [0, 0.1) is 5.92 Å². The van der Waals surface area contributed by atoms with E-state index < -0.39 is 10.0 Å². The molecule has 0 unspecified atom stereocenters. The van der Waals surface area contributed by atoms with Crippen LogP contribution in [0.3, 0.4) is 0 Å². The van der Waals surface area contributed by atoms with Gasteiger partial charge in [-0.05, 0) is 19.8 Å². The first-order valence-corrected chi connectivity index (χ1v) is 9.04. The fourth-order valence-corrected chi connectivity index (χ4v) is 3.99. The Labute approximate surface area is 116 Å². The molecule has 6 heteroatoms. The molecule has 1 heterocycles. The normalized spacial score (nSPS) is 23.1. The largest absolute Gasteiger partial charge is 0.340 e. The molecule has 2 rings (SSSR count). The average Bonchev–Trinajstić information content (AvgIpc) is 2.27. The predicted molar refractivity (Wildman–Crippen MR) is 74.2 cm³/mol. The first-order chi connectivity index (χ1) is 8.93. The van der Waals surface area contributed by atoms with Crippen molar-refractivity contribution in [3.63, 3.8) is 0 Å². The standard InChI is InChI=1S/C13H24N2O3S/c1-3-15(12-7-5-4-6-8-12)13(16)11-9-14(10-11)19(2,17)18/h11-12H,3-10H2,1-2H3. The SMILES string of the molecule is CCN(C(=O)C1CN(S(C)(=O)=O)C1)C1CCCCC1. The third-order valence-corrected chi connectivity index (χ3v) is 5.54. The Bertz CT molecular complexity index is 423. The van der Waals surface area contributed by atoms with Crippen LogP contribution < -0.4 is 0 Å². The van der Waals surface area contributed by atoms with Gasteiger partial charge in [-0.3, -0.25) is 4.79 Å². The minimum absolute atomic E-state index is 0.128. The summed E-state index contributed by atoms with van der Waals surface area (Å²) in [5, 5.41) is 0. The van der Waals surface area contributed by atoms with Gasteiger partial charge in [0.15, 0.2) is 0 Å². The zero-order chi connectivity index (χ0) is 14.0. The van der Waals surface area contributed by atoms with E-state index in [1.165, 1.54) is 29.8 Å². The number of rotatable bonds is 4. The van der Waals surface area contributed by atoms with E-state index in [1.807, 2.05) is 11.8 Å². The molecule has 1 saturated carbocycles. The highest BCUT2D eigenvalue weighted by molar-refractivity contribution is 7.88. The number of nitrogens with zero attached hydrogens (tertiary/aromatic N) is 2.